The summed E-state index contributed by atoms with van der Waals surface area (Å²) in [6, 6.07) is 0. The van der Waals surface area contributed by atoms with Crippen LogP contribution in [0.25, 0.3) is 0 Å². The van der Waals surface area contributed by atoms with Crippen molar-refractivity contribution >= 4 is 11.6 Å². The molecule has 5 nitrogen and oxygen atoms in total. The third-order valence-corrected chi connectivity index (χ3v) is 2.20. The molecule has 0 aliphatic heterocycles. The van der Waals surface area contributed by atoms with Crippen molar-refractivity contribution in [2.24, 2.45) is 7.05 Å². The van der Waals surface area contributed by atoms with Gasteiger partial charge >= 0.3 is 0 Å². The SMILES string of the molecule is CCc1nn(C)cc1Nc1ncc(C)[nH]1. The molecule has 0 aliphatic rings. The number of H-pyrrole nitrogens is 1. The standard InChI is InChI=1S/C10H15N5/c1-4-8-9(6-15(3)14-8)13-10-11-5-7(2)12-10/h5-6H,4H2,1-3H3,(H2,11,12,13). The molecule has 2 N–H and O–H groups in total. The van der Waals surface area contributed by atoms with Crippen molar-refractivity contribution < 1.29 is 0 Å². The minimum absolute atomic E-state index is 0.759. The van der Waals surface area contributed by atoms with Crippen molar-refractivity contribution in [3.05, 3.63) is 23.8 Å². The number of nitrogens with zero attached hydrogens (tertiary/aromatic N) is 3. The number of aromatic nitrogens is 4. The Labute approximate surface area is 88.5 Å². The van der Waals surface area contributed by atoms with E-state index < -0.39 is 0 Å². The topological polar surface area (TPSA) is 58.5 Å². The normalized spacial score (nSPS) is 10.6. The molecule has 0 aromatic carbocycles. The number of hydrogen-bond acceptors (Lipinski definition) is 3. The molecule has 80 valence electrons. The minimum atomic E-state index is 0.759. The predicted octanol–water partition coefficient (Wildman–Crippen LogP) is 1.76. The summed E-state index contributed by atoms with van der Waals surface area (Å²) < 4.78 is 1.80. The number of rotatable bonds is 3. The predicted molar refractivity (Wildman–Crippen MR) is 59.2 cm³/mol. The maximum atomic E-state index is 4.34. The second kappa shape index (κ2) is 3.76. The molecule has 15 heavy (non-hydrogen) atoms. The summed E-state index contributed by atoms with van der Waals surface area (Å²) in [4.78, 5) is 7.32. The molecule has 2 rings (SSSR count). The number of anilines is 2. The van der Waals surface area contributed by atoms with Crippen molar-refractivity contribution in [1.29, 1.82) is 0 Å². The molecule has 0 saturated carbocycles. The Kier molecular flexibility index (Phi) is 2.45. The maximum absolute atomic E-state index is 4.34. The summed E-state index contributed by atoms with van der Waals surface area (Å²) in [6.45, 7) is 4.06. The largest absolute Gasteiger partial charge is 0.328 e. The lowest BCUT2D eigenvalue weighted by Crippen LogP contribution is -1.94. The third kappa shape index (κ3) is 2.01. The van der Waals surface area contributed by atoms with E-state index in [1.165, 1.54) is 0 Å². The van der Waals surface area contributed by atoms with Crippen molar-refractivity contribution in [3.8, 4) is 0 Å². The van der Waals surface area contributed by atoms with Crippen LogP contribution in [0.5, 0.6) is 0 Å². The molecule has 0 saturated heterocycles. The summed E-state index contributed by atoms with van der Waals surface area (Å²) in [5, 5.41) is 7.56. The van der Waals surface area contributed by atoms with Gasteiger partial charge in [-0.25, -0.2) is 4.98 Å². The molecule has 0 aliphatic carbocycles. The molecule has 0 unspecified atom stereocenters. The van der Waals surface area contributed by atoms with E-state index in [2.05, 4.69) is 27.3 Å². The van der Waals surface area contributed by atoms with E-state index in [9.17, 15) is 0 Å². The van der Waals surface area contributed by atoms with Gasteiger partial charge in [0.1, 0.15) is 0 Å². The summed E-state index contributed by atoms with van der Waals surface area (Å²) >= 11 is 0. The van der Waals surface area contributed by atoms with Crippen LogP contribution in [-0.2, 0) is 13.5 Å². The Morgan fingerprint density at radius 3 is 2.93 bits per heavy atom. The van der Waals surface area contributed by atoms with Crippen molar-refractivity contribution in [3.63, 3.8) is 0 Å². The second-order valence-electron chi connectivity index (χ2n) is 3.56. The Balaban J connectivity index is 2.23. The first-order valence-electron chi connectivity index (χ1n) is 5.00. The maximum Gasteiger partial charge on any atom is 0.204 e. The highest BCUT2D eigenvalue weighted by atomic mass is 15.3. The van der Waals surface area contributed by atoms with Crippen LogP contribution >= 0.6 is 0 Å². The van der Waals surface area contributed by atoms with Gasteiger partial charge in [0.2, 0.25) is 5.95 Å². The van der Waals surface area contributed by atoms with E-state index in [-0.39, 0.29) is 0 Å². The first-order chi connectivity index (χ1) is 7.19. The van der Waals surface area contributed by atoms with Gasteiger partial charge in [-0.1, -0.05) is 6.92 Å². The van der Waals surface area contributed by atoms with Gasteiger partial charge in [0, 0.05) is 25.1 Å². The van der Waals surface area contributed by atoms with Crippen LogP contribution in [0.15, 0.2) is 12.4 Å². The van der Waals surface area contributed by atoms with E-state index >= 15 is 0 Å². The van der Waals surface area contributed by atoms with E-state index in [4.69, 9.17) is 0 Å². The zero-order valence-corrected chi connectivity index (χ0v) is 9.20. The van der Waals surface area contributed by atoms with Crippen LogP contribution < -0.4 is 5.32 Å². The number of hydrogen-bond donors (Lipinski definition) is 2. The number of nitrogens with one attached hydrogen (secondary N) is 2. The van der Waals surface area contributed by atoms with E-state index in [1.54, 1.807) is 10.9 Å². The van der Waals surface area contributed by atoms with Gasteiger partial charge in [0.05, 0.1) is 11.4 Å². The molecule has 2 aromatic rings. The minimum Gasteiger partial charge on any atom is -0.328 e. The molecule has 2 heterocycles. The average Bonchev–Trinajstić information content (AvgIpc) is 2.73. The highest BCUT2D eigenvalue weighted by Gasteiger charge is 2.06. The molecule has 0 atom stereocenters. The van der Waals surface area contributed by atoms with Gasteiger partial charge in [-0.2, -0.15) is 5.10 Å². The van der Waals surface area contributed by atoms with E-state index in [0.717, 1.165) is 29.4 Å². The van der Waals surface area contributed by atoms with Gasteiger partial charge in [-0.05, 0) is 13.3 Å². The zero-order chi connectivity index (χ0) is 10.8. The summed E-state index contributed by atoms with van der Waals surface area (Å²) in [5.41, 5.74) is 3.10. The van der Waals surface area contributed by atoms with Crippen molar-refractivity contribution in [2.45, 2.75) is 20.3 Å². The lowest BCUT2D eigenvalue weighted by Gasteiger charge is -2.00. The van der Waals surface area contributed by atoms with Gasteiger partial charge in [0.15, 0.2) is 0 Å². The van der Waals surface area contributed by atoms with Gasteiger partial charge < -0.3 is 10.3 Å². The Morgan fingerprint density at radius 1 is 1.53 bits per heavy atom. The smallest absolute Gasteiger partial charge is 0.204 e. The van der Waals surface area contributed by atoms with Gasteiger partial charge in [-0.3, -0.25) is 4.68 Å². The molecule has 0 fully saturated rings. The van der Waals surface area contributed by atoms with E-state index in [1.807, 2.05) is 20.2 Å². The lowest BCUT2D eigenvalue weighted by molar-refractivity contribution is 0.746. The fraction of sp³-hybridized carbons (Fsp3) is 0.400. The monoisotopic (exact) mass is 205 g/mol. The number of aromatic amines is 1. The van der Waals surface area contributed by atoms with Gasteiger partial charge in [0.25, 0.3) is 0 Å². The first kappa shape index (κ1) is 9.76. The van der Waals surface area contributed by atoms with Crippen LogP contribution in [0.1, 0.15) is 18.3 Å². The van der Waals surface area contributed by atoms with Crippen LogP contribution in [0, 0.1) is 6.92 Å². The van der Waals surface area contributed by atoms with Crippen LogP contribution in [0.2, 0.25) is 0 Å². The van der Waals surface area contributed by atoms with Crippen molar-refractivity contribution in [1.82, 2.24) is 19.7 Å². The molecule has 0 radical (unpaired) electrons. The Morgan fingerprint density at radius 2 is 2.33 bits per heavy atom. The summed E-state index contributed by atoms with van der Waals surface area (Å²) in [5.74, 6) is 0.759. The second-order valence-corrected chi connectivity index (χ2v) is 3.56. The average molecular weight is 205 g/mol. The van der Waals surface area contributed by atoms with Crippen molar-refractivity contribution in [2.75, 3.05) is 5.32 Å². The fourth-order valence-electron chi connectivity index (χ4n) is 1.50. The lowest BCUT2D eigenvalue weighted by atomic mass is 10.3. The van der Waals surface area contributed by atoms with Gasteiger partial charge in [-0.15, -0.1) is 0 Å². The number of imidazole rings is 1. The van der Waals surface area contributed by atoms with Crippen LogP contribution in [0.3, 0.4) is 0 Å². The Hall–Kier alpha value is -1.78. The quantitative estimate of drug-likeness (QED) is 0.802. The molecule has 0 amide bonds. The molecular formula is C10H15N5. The van der Waals surface area contributed by atoms with Crippen LogP contribution in [-0.4, -0.2) is 19.7 Å². The summed E-state index contributed by atoms with van der Waals surface area (Å²) in [6.07, 6.45) is 4.66. The van der Waals surface area contributed by atoms with E-state index in [0.29, 0.717) is 0 Å². The number of aryl methyl sites for hydroxylation is 3. The molecular weight excluding hydrogens is 190 g/mol. The highest BCUT2D eigenvalue weighted by Crippen LogP contribution is 2.17. The zero-order valence-electron chi connectivity index (χ0n) is 9.20. The Bertz CT molecular complexity index is 454. The molecule has 5 heteroatoms. The fourth-order valence-corrected chi connectivity index (χ4v) is 1.50. The summed E-state index contributed by atoms with van der Waals surface area (Å²) in [7, 11) is 1.91. The molecule has 0 bridgehead atoms. The molecule has 0 spiro atoms. The first-order valence-corrected chi connectivity index (χ1v) is 5.00. The van der Waals surface area contributed by atoms with Crippen LogP contribution in [0.4, 0.5) is 11.6 Å². The molecule has 2 aromatic heterocycles. The third-order valence-electron chi connectivity index (χ3n) is 2.20. The highest BCUT2D eigenvalue weighted by molar-refractivity contribution is 5.55.